The number of nitrogens with zero attached hydrogens (tertiary/aromatic N) is 5. The molecule has 0 amide bonds. The molecule has 7 heteroatoms. The van der Waals surface area contributed by atoms with Crippen LogP contribution in [0, 0.1) is 48.0 Å². The fraction of sp³-hybridized carbons (Fsp3) is 0.200. The summed E-state index contributed by atoms with van der Waals surface area (Å²) in [5, 5.41) is 4.60. The molecule has 4 fully saturated rings. The molecule has 0 aliphatic heterocycles. The van der Waals surface area contributed by atoms with E-state index in [-0.39, 0.29) is 21.1 Å². The second-order valence-corrected chi connectivity index (χ2v) is 19.3. The Balaban J connectivity index is 0.00000446. The molecule has 0 radical (unpaired) electrons. The zero-order valence-electron chi connectivity index (χ0n) is 37.1. The number of para-hydroxylation sites is 5. The molecule has 0 N–H and O–H groups in total. The van der Waals surface area contributed by atoms with Crippen LogP contribution >= 0.6 is 0 Å². The van der Waals surface area contributed by atoms with Crippen LogP contribution in [0.1, 0.15) is 49.1 Å². The van der Waals surface area contributed by atoms with E-state index in [0.717, 1.165) is 84.7 Å². The van der Waals surface area contributed by atoms with Crippen molar-refractivity contribution in [3.05, 3.63) is 200 Å². The van der Waals surface area contributed by atoms with Gasteiger partial charge in [0.2, 0.25) is 6.33 Å². The predicted octanol–water partition coefficient (Wildman–Crippen LogP) is 13.4. The standard InChI is InChI=1S/C60H47N5O.Pt/c1-62-37-63(54-25-12-11-24-53(54)62)44-16-13-17-45(34-44)66-57-36-55-49(35-56(57)64-50-21-8-5-18-46(50)47-19-6-9-22-51(47)64)48-20-7-10-23-52(48)65(55)58-33-41(26-27-61-58)59(40-14-3-2-4-15-40)60-42-29-38-28-39(31-42)32-43(60)30-38;/h2-27,33,35,38-39,42-43,59-60H,28-32H2,1H3;/q-2;. The Hall–Kier alpha value is -6.75. The van der Waals surface area contributed by atoms with Gasteiger partial charge in [-0.2, -0.15) is 12.1 Å². The Kier molecular flexibility index (Phi) is 9.65. The largest absolute Gasteiger partial charge is 0.508 e. The van der Waals surface area contributed by atoms with E-state index in [1.54, 1.807) is 0 Å². The third-order valence-corrected chi connectivity index (χ3v) is 15.6. The fourth-order valence-electron chi connectivity index (χ4n) is 13.2. The molecule has 7 aromatic carbocycles. The first-order chi connectivity index (χ1) is 32.6. The quantitative estimate of drug-likeness (QED) is 0.112. The van der Waals surface area contributed by atoms with Crippen LogP contribution in [0.5, 0.6) is 11.5 Å². The van der Waals surface area contributed by atoms with Gasteiger partial charge in [-0.3, -0.25) is 0 Å². The van der Waals surface area contributed by atoms with Crippen LogP contribution in [0.25, 0.3) is 71.8 Å². The van der Waals surface area contributed by atoms with Gasteiger partial charge in [0.05, 0.1) is 18.1 Å². The molecule has 330 valence electrons. The Morgan fingerprint density at radius 1 is 0.582 bits per heavy atom. The minimum absolute atomic E-state index is 0. The van der Waals surface area contributed by atoms with E-state index in [2.05, 4.69) is 179 Å². The number of hydrogen-bond acceptors (Lipinski definition) is 2. The van der Waals surface area contributed by atoms with Crippen molar-refractivity contribution in [2.75, 3.05) is 0 Å². The van der Waals surface area contributed by atoms with Crippen molar-refractivity contribution in [2.45, 2.75) is 38.0 Å². The summed E-state index contributed by atoms with van der Waals surface area (Å²) < 4.78 is 15.9. The van der Waals surface area contributed by atoms with Crippen molar-refractivity contribution in [3.63, 3.8) is 0 Å². The summed E-state index contributed by atoms with van der Waals surface area (Å²) in [6.45, 7) is 0. The monoisotopic (exact) mass is 1050 g/mol. The maximum absolute atomic E-state index is 7.16. The maximum Gasteiger partial charge on any atom is 0.242 e. The number of aromatic nitrogens is 5. The number of ether oxygens (including phenoxy) is 1. The molecule has 1 unspecified atom stereocenters. The van der Waals surface area contributed by atoms with Crippen LogP contribution in [-0.2, 0) is 28.1 Å². The summed E-state index contributed by atoms with van der Waals surface area (Å²) in [7, 11) is 2.02. The number of aryl methyl sites for hydroxylation is 1. The molecule has 4 heterocycles. The van der Waals surface area contributed by atoms with Gasteiger partial charge in [0.25, 0.3) is 0 Å². The summed E-state index contributed by atoms with van der Waals surface area (Å²) >= 11 is 0. The molecule has 4 aliphatic carbocycles. The first-order valence-electron chi connectivity index (χ1n) is 23.7. The molecule has 4 aromatic heterocycles. The topological polar surface area (TPSA) is 40.8 Å². The smallest absolute Gasteiger partial charge is 0.242 e. The first-order valence-corrected chi connectivity index (χ1v) is 23.7. The fourth-order valence-corrected chi connectivity index (χ4v) is 13.2. The number of pyridine rings is 1. The molecule has 0 saturated heterocycles. The molecule has 11 aromatic rings. The third-order valence-electron chi connectivity index (χ3n) is 15.6. The molecular formula is C60H47N5OPt-2. The third kappa shape index (κ3) is 6.47. The number of rotatable bonds is 8. The van der Waals surface area contributed by atoms with E-state index in [9.17, 15) is 0 Å². The van der Waals surface area contributed by atoms with Crippen molar-refractivity contribution in [2.24, 2.45) is 36.6 Å². The second-order valence-electron chi connectivity index (χ2n) is 19.3. The maximum atomic E-state index is 7.16. The van der Waals surface area contributed by atoms with Crippen LogP contribution in [0.2, 0.25) is 0 Å². The van der Waals surface area contributed by atoms with E-state index in [1.165, 1.54) is 54.0 Å². The average molecular weight is 1050 g/mol. The Bertz CT molecular complexity index is 3610. The van der Waals surface area contributed by atoms with E-state index >= 15 is 0 Å². The van der Waals surface area contributed by atoms with Gasteiger partial charge in [-0.1, -0.05) is 126 Å². The molecular weight excluding hydrogens is 1000 g/mol. The van der Waals surface area contributed by atoms with Crippen molar-refractivity contribution in [1.29, 1.82) is 0 Å². The number of fused-ring (bicyclic) bond motifs is 7. The van der Waals surface area contributed by atoms with E-state index in [1.807, 2.05) is 34.5 Å². The number of imidazole rings is 1. The van der Waals surface area contributed by atoms with Crippen LogP contribution < -0.4 is 9.30 Å². The van der Waals surface area contributed by atoms with E-state index in [4.69, 9.17) is 9.72 Å². The van der Waals surface area contributed by atoms with Gasteiger partial charge in [-0.05, 0) is 114 Å². The normalized spacial score (nSPS) is 20.3. The predicted molar refractivity (Wildman–Crippen MR) is 263 cm³/mol. The zero-order chi connectivity index (χ0) is 43.5. The zero-order valence-corrected chi connectivity index (χ0v) is 39.4. The molecule has 1 atom stereocenters. The Morgan fingerprint density at radius 2 is 1.19 bits per heavy atom. The van der Waals surface area contributed by atoms with Gasteiger partial charge < -0.3 is 23.0 Å². The Labute approximate surface area is 404 Å². The van der Waals surface area contributed by atoms with Gasteiger partial charge in [0, 0.05) is 72.0 Å². The number of benzene rings is 7. The number of hydrogen-bond donors (Lipinski definition) is 0. The van der Waals surface area contributed by atoms with E-state index < -0.39 is 0 Å². The summed E-state index contributed by atoms with van der Waals surface area (Å²) in [4.78, 5) is 5.22. The molecule has 6 nitrogen and oxygen atoms in total. The first kappa shape index (κ1) is 40.5. The van der Waals surface area contributed by atoms with Gasteiger partial charge >= 0.3 is 0 Å². The Morgan fingerprint density at radius 3 is 1.90 bits per heavy atom. The van der Waals surface area contributed by atoms with Crippen molar-refractivity contribution in [1.82, 2.24) is 18.7 Å². The molecule has 4 bridgehead atoms. The summed E-state index contributed by atoms with van der Waals surface area (Å²) in [5.74, 6) is 6.40. The van der Waals surface area contributed by atoms with Crippen molar-refractivity contribution in [3.8, 4) is 28.7 Å². The molecule has 0 spiro atoms. The van der Waals surface area contributed by atoms with Gasteiger partial charge in [0.15, 0.2) is 0 Å². The minimum atomic E-state index is 0. The molecule has 15 rings (SSSR count). The summed E-state index contributed by atoms with van der Waals surface area (Å²) in [5.41, 5.74) is 10.8. The van der Waals surface area contributed by atoms with Crippen molar-refractivity contribution >= 4 is 54.6 Å². The SMILES string of the molecule is C[n+]1[c-]n(-c2[c-]c(Oc3[c-]c4c(cc3-n3c5ccccc5c5ccccc53)c3ccccc3n4-c3cc(C(c4ccccc4)C4C5CC6CC(C5)CC4C6)ccn3)ccc2)c2ccccc21.[Pt]. The van der Waals surface area contributed by atoms with Crippen LogP contribution in [0.4, 0.5) is 0 Å². The van der Waals surface area contributed by atoms with Gasteiger partial charge in [-0.25, -0.2) is 4.98 Å². The van der Waals surface area contributed by atoms with Crippen LogP contribution in [-0.4, -0.2) is 18.7 Å². The summed E-state index contributed by atoms with van der Waals surface area (Å²) in [6, 6.07) is 66.3. The average Bonchev–Trinajstić information content (AvgIpc) is 3.99. The molecule has 4 saturated carbocycles. The van der Waals surface area contributed by atoms with Crippen molar-refractivity contribution < 1.29 is 30.4 Å². The molecule has 4 aliphatic rings. The van der Waals surface area contributed by atoms with Crippen LogP contribution in [0.3, 0.4) is 0 Å². The van der Waals surface area contributed by atoms with Gasteiger partial charge in [-0.15, -0.1) is 24.3 Å². The summed E-state index contributed by atoms with van der Waals surface area (Å²) in [6.07, 6.45) is 12.5. The molecule has 67 heavy (non-hydrogen) atoms. The van der Waals surface area contributed by atoms with E-state index in [0.29, 0.717) is 23.3 Å². The minimum Gasteiger partial charge on any atom is -0.508 e. The van der Waals surface area contributed by atoms with Crippen LogP contribution in [0.15, 0.2) is 170 Å². The van der Waals surface area contributed by atoms with Gasteiger partial charge in [0.1, 0.15) is 5.82 Å². The second kappa shape index (κ2) is 16.0.